The minimum Gasteiger partial charge on any atom is -0.350 e. The van der Waals surface area contributed by atoms with Crippen molar-refractivity contribution in [3.8, 4) is 0 Å². The fourth-order valence-corrected chi connectivity index (χ4v) is 2.50. The number of carbonyl (C=O) groups excluding carboxylic acids is 2. The van der Waals surface area contributed by atoms with Gasteiger partial charge < -0.3 is 10.2 Å². The molecule has 2 rings (SSSR count). The fraction of sp³-hybridized carbons (Fsp3) is 0.263. The first kappa shape index (κ1) is 18.0. The number of nitrogens with zero attached hydrogens (tertiary/aromatic N) is 1. The second-order valence-corrected chi connectivity index (χ2v) is 6.23. The number of anilines is 1. The fourth-order valence-electron chi connectivity index (χ4n) is 2.38. The maximum absolute atomic E-state index is 12.2. The van der Waals surface area contributed by atoms with Crippen LogP contribution in [0.4, 0.5) is 5.69 Å². The highest BCUT2D eigenvalue weighted by Crippen LogP contribution is 2.21. The van der Waals surface area contributed by atoms with Crippen LogP contribution in [0.3, 0.4) is 0 Å². The predicted octanol–water partition coefficient (Wildman–Crippen LogP) is 3.63. The van der Waals surface area contributed by atoms with Crippen LogP contribution in [-0.2, 0) is 16.1 Å². The van der Waals surface area contributed by atoms with E-state index in [1.165, 1.54) is 11.8 Å². The quantitative estimate of drug-likeness (QED) is 0.900. The number of hydrogen-bond donors (Lipinski definition) is 1. The van der Waals surface area contributed by atoms with E-state index in [9.17, 15) is 9.59 Å². The van der Waals surface area contributed by atoms with E-state index in [-0.39, 0.29) is 18.4 Å². The number of rotatable bonds is 5. The average Bonchev–Trinajstić information content (AvgIpc) is 2.54. The molecule has 0 radical (unpaired) electrons. The summed E-state index contributed by atoms with van der Waals surface area (Å²) in [6, 6.07) is 13.1. The molecule has 0 aliphatic rings. The van der Waals surface area contributed by atoms with Gasteiger partial charge in [0.1, 0.15) is 6.54 Å². The van der Waals surface area contributed by atoms with Crippen molar-refractivity contribution in [1.82, 2.24) is 5.32 Å². The minimum atomic E-state index is -0.207. The minimum absolute atomic E-state index is 0.00673. The molecule has 2 amide bonds. The van der Waals surface area contributed by atoms with Crippen LogP contribution in [0.25, 0.3) is 0 Å². The summed E-state index contributed by atoms with van der Waals surface area (Å²) in [6.07, 6.45) is 0. The third-order valence-electron chi connectivity index (χ3n) is 3.74. The largest absolute Gasteiger partial charge is 0.350 e. The molecule has 0 saturated carbocycles. The van der Waals surface area contributed by atoms with Crippen LogP contribution >= 0.6 is 11.6 Å². The molecule has 1 N–H and O–H groups in total. The van der Waals surface area contributed by atoms with Crippen molar-refractivity contribution >= 4 is 29.1 Å². The summed E-state index contributed by atoms with van der Waals surface area (Å²) in [5.41, 5.74) is 3.72. The molecule has 126 valence electrons. The Kier molecular flexibility index (Phi) is 5.99. The Morgan fingerprint density at radius 3 is 2.38 bits per heavy atom. The zero-order chi connectivity index (χ0) is 17.7. The zero-order valence-corrected chi connectivity index (χ0v) is 14.9. The number of carbonyl (C=O) groups is 2. The second kappa shape index (κ2) is 7.97. The van der Waals surface area contributed by atoms with Crippen LogP contribution in [0.15, 0.2) is 42.5 Å². The number of amides is 2. The summed E-state index contributed by atoms with van der Waals surface area (Å²) in [5, 5.41) is 3.49. The van der Waals surface area contributed by atoms with Gasteiger partial charge in [0.2, 0.25) is 11.8 Å². The highest BCUT2D eigenvalue weighted by Gasteiger charge is 2.17. The van der Waals surface area contributed by atoms with Crippen LogP contribution in [-0.4, -0.2) is 18.4 Å². The Balaban J connectivity index is 2.04. The number of hydrogen-bond acceptors (Lipinski definition) is 2. The van der Waals surface area contributed by atoms with Crippen LogP contribution < -0.4 is 10.2 Å². The highest BCUT2D eigenvalue weighted by molar-refractivity contribution is 6.30. The van der Waals surface area contributed by atoms with Crippen LogP contribution in [0, 0.1) is 13.8 Å². The first-order chi connectivity index (χ1) is 11.4. The molecule has 2 aromatic carbocycles. The molecular formula is C19H21ClN2O2. The zero-order valence-electron chi connectivity index (χ0n) is 14.1. The van der Waals surface area contributed by atoms with E-state index in [1.807, 2.05) is 44.2 Å². The van der Waals surface area contributed by atoms with E-state index in [4.69, 9.17) is 11.6 Å². The lowest BCUT2D eigenvalue weighted by Gasteiger charge is -2.23. The molecule has 24 heavy (non-hydrogen) atoms. The Labute approximate surface area is 147 Å². The van der Waals surface area contributed by atoms with E-state index in [2.05, 4.69) is 5.32 Å². The van der Waals surface area contributed by atoms with Crippen molar-refractivity contribution in [2.75, 3.05) is 11.4 Å². The van der Waals surface area contributed by atoms with Crippen molar-refractivity contribution in [2.45, 2.75) is 27.3 Å². The second-order valence-electron chi connectivity index (χ2n) is 5.80. The summed E-state index contributed by atoms with van der Waals surface area (Å²) < 4.78 is 0. The summed E-state index contributed by atoms with van der Waals surface area (Å²) in [4.78, 5) is 25.7. The van der Waals surface area contributed by atoms with Gasteiger partial charge in [0.05, 0.1) is 0 Å². The van der Waals surface area contributed by atoms with E-state index in [0.29, 0.717) is 11.6 Å². The molecule has 4 nitrogen and oxygen atoms in total. The molecule has 5 heteroatoms. The van der Waals surface area contributed by atoms with Gasteiger partial charge in [-0.15, -0.1) is 0 Å². The Hall–Kier alpha value is -2.33. The van der Waals surface area contributed by atoms with Gasteiger partial charge in [0, 0.05) is 24.2 Å². The molecule has 0 aromatic heterocycles. The molecule has 0 unspecified atom stereocenters. The van der Waals surface area contributed by atoms with Crippen LogP contribution in [0.5, 0.6) is 0 Å². The smallest absolute Gasteiger partial charge is 0.240 e. The van der Waals surface area contributed by atoms with E-state index in [1.54, 1.807) is 12.1 Å². The van der Waals surface area contributed by atoms with Crippen molar-refractivity contribution in [2.24, 2.45) is 0 Å². The normalized spacial score (nSPS) is 10.3. The maximum Gasteiger partial charge on any atom is 0.240 e. The monoisotopic (exact) mass is 344 g/mol. The van der Waals surface area contributed by atoms with Gasteiger partial charge in [0.15, 0.2) is 0 Å². The molecule has 0 aliphatic carbocycles. The van der Waals surface area contributed by atoms with E-state index >= 15 is 0 Å². The van der Waals surface area contributed by atoms with Crippen molar-refractivity contribution in [3.05, 3.63) is 64.2 Å². The van der Waals surface area contributed by atoms with Gasteiger partial charge >= 0.3 is 0 Å². The summed E-state index contributed by atoms with van der Waals surface area (Å²) >= 11 is 5.84. The lowest BCUT2D eigenvalue weighted by Crippen LogP contribution is -2.40. The summed E-state index contributed by atoms with van der Waals surface area (Å²) in [7, 11) is 0. The van der Waals surface area contributed by atoms with Gasteiger partial charge in [-0.3, -0.25) is 9.59 Å². The SMILES string of the molecule is CC(=O)N(CC(=O)NCc1ccc(Cl)cc1)c1cc(C)ccc1C. The van der Waals surface area contributed by atoms with Crippen LogP contribution in [0.2, 0.25) is 5.02 Å². The molecule has 0 bridgehead atoms. The molecule has 0 heterocycles. The Morgan fingerprint density at radius 2 is 1.75 bits per heavy atom. The number of aryl methyl sites for hydroxylation is 2. The number of benzene rings is 2. The van der Waals surface area contributed by atoms with Gasteiger partial charge in [-0.25, -0.2) is 0 Å². The first-order valence-electron chi connectivity index (χ1n) is 7.73. The third-order valence-corrected chi connectivity index (χ3v) is 3.99. The highest BCUT2D eigenvalue weighted by atomic mass is 35.5. The molecule has 0 saturated heterocycles. The Bertz CT molecular complexity index is 742. The number of halogens is 1. The molecule has 0 aliphatic heterocycles. The average molecular weight is 345 g/mol. The van der Waals surface area contributed by atoms with Gasteiger partial charge in [-0.05, 0) is 48.7 Å². The Morgan fingerprint density at radius 1 is 1.08 bits per heavy atom. The first-order valence-corrected chi connectivity index (χ1v) is 8.11. The summed E-state index contributed by atoms with van der Waals surface area (Å²) in [6.45, 7) is 5.74. The van der Waals surface area contributed by atoms with Gasteiger partial charge in [0.25, 0.3) is 0 Å². The molecule has 0 atom stereocenters. The standard InChI is InChI=1S/C19H21ClN2O2/c1-13-4-5-14(2)18(10-13)22(15(3)23)12-19(24)21-11-16-6-8-17(20)9-7-16/h4-10H,11-12H2,1-3H3,(H,21,24). The van der Waals surface area contributed by atoms with Crippen molar-refractivity contribution in [3.63, 3.8) is 0 Å². The van der Waals surface area contributed by atoms with Gasteiger partial charge in [-0.2, -0.15) is 0 Å². The lowest BCUT2D eigenvalue weighted by molar-refractivity contribution is -0.123. The van der Waals surface area contributed by atoms with Crippen molar-refractivity contribution < 1.29 is 9.59 Å². The predicted molar refractivity (Wildman–Crippen MR) is 97.2 cm³/mol. The molecule has 2 aromatic rings. The van der Waals surface area contributed by atoms with E-state index in [0.717, 1.165) is 22.4 Å². The molecular weight excluding hydrogens is 324 g/mol. The van der Waals surface area contributed by atoms with Crippen molar-refractivity contribution in [1.29, 1.82) is 0 Å². The lowest BCUT2D eigenvalue weighted by atomic mass is 10.1. The maximum atomic E-state index is 12.2. The van der Waals surface area contributed by atoms with Crippen LogP contribution in [0.1, 0.15) is 23.6 Å². The molecule has 0 fully saturated rings. The topological polar surface area (TPSA) is 49.4 Å². The summed E-state index contributed by atoms with van der Waals surface area (Å²) in [5.74, 6) is -0.369. The van der Waals surface area contributed by atoms with E-state index < -0.39 is 0 Å². The number of nitrogens with one attached hydrogen (secondary N) is 1. The third kappa shape index (κ3) is 4.83. The van der Waals surface area contributed by atoms with Gasteiger partial charge in [-0.1, -0.05) is 35.9 Å². The molecule has 0 spiro atoms.